The summed E-state index contributed by atoms with van der Waals surface area (Å²) in [5, 5.41) is 0.0637. The van der Waals surface area contributed by atoms with E-state index in [9.17, 15) is 8.42 Å². The van der Waals surface area contributed by atoms with E-state index in [2.05, 4.69) is 14.7 Å². The number of hydrogen-bond donors (Lipinski definition) is 1. The van der Waals surface area contributed by atoms with E-state index in [4.69, 9.17) is 27.9 Å². The highest BCUT2D eigenvalue weighted by atomic mass is 35.5. The molecule has 0 saturated carbocycles. The highest BCUT2D eigenvalue weighted by Crippen LogP contribution is 2.27. The first-order chi connectivity index (χ1) is 8.90. The molecule has 102 valence electrons. The summed E-state index contributed by atoms with van der Waals surface area (Å²) in [5.41, 5.74) is 0. The van der Waals surface area contributed by atoms with E-state index in [0.717, 1.165) is 11.3 Å². The molecule has 19 heavy (non-hydrogen) atoms. The van der Waals surface area contributed by atoms with Crippen LogP contribution in [0.15, 0.2) is 22.4 Å². The van der Waals surface area contributed by atoms with Gasteiger partial charge in [0, 0.05) is 6.07 Å². The van der Waals surface area contributed by atoms with Crippen LogP contribution in [0.4, 0.5) is 5.95 Å². The van der Waals surface area contributed by atoms with Crippen LogP contribution in [-0.2, 0) is 10.0 Å². The van der Waals surface area contributed by atoms with Gasteiger partial charge in [-0.3, -0.25) is 0 Å². The maximum absolute atomic E-state index is 12.0. The number of nitrogens with one attached hydrogen (secondary N) is 1. The van der Waals surface area contributed by atoms with Crippen molar-refractivity contribution in [2.24, 2.45) is 0 Å². The van der Waals surface area contributed by atoms with Gasteiger partial charge in [0.15, 0.2) is 0 Å². The minimum absolute atomic E-state index is 0.0556. The first-order valence-corrected chi connectivity index (χ1v) is 7.83. The number of methoxy groups -OCH3 is 1. The fraction of sp³-hybridized carbons (Fsp3) is 0.111. The van der Waals surface area contributed by atoms with Gasteiger partial charge >= 0.3 is 0 Å². The Morgan fingerprint density at radius 2 is 2.05 bits per heavy atom. The second-order valence-corrected chi connectivity index (χ2v) is 7.23. The maximum Gasteiger partial charge on any atom is 0.273 e. The Morgan fingerprint density at radius 1 is 1.32 bits per heavy atom. The molecule has 0 aliphatic carbocycles. The molecule has 2 aromatic heterocycles. The van der Waals surface area contributed by atoms with Gasteiger partial charge in [0.05, 0.1) is 11.4 Å². The van der Waals surface area contributed by atoms with Crippen LogP contribution >= 0.6 is 34.5 Å². The summed E-state index contributed by atoms with van der Waals surface area (Å²) in [4.78, 5) is 7.59. The summed E-state index contributed by atoms with van der Waals surface area (Å²) < 4.78 is 31.5. The highest BCUT2D eigenvalue weighted by molar-refractivity contribution is 7.94. The minimum Gasteiger partial charge on any atom is -0.481 e. The van der Waals surface area contributed by atoms with Crippen LogP contribution in [0.1, 0.15) is 0 Å². The molecule has 0 amide bonds. The zero-order chi connectivity index (χ0) is 14.0. The van der Waals surface area contributed by atoms with E-state index < -0.39 is 10.0 Å². The van der Waals surface area contributed by atoms with Gasteiger partial charge in [-0.15, -0.1) is 11.3 Å². The Labute approximate surface area is 123 Å². The molecule has 10 heteroatoms. The van der Waals surface area contributed by atoms with Crippen molar-refractivity contribution < 1.29 is 13.2 Å². The quantitative estimate of drug-likeness (QED) is 0.866. The molecule has 0 spiro atoms. The van der Waals surface area contributed by atoms with E-state index in [1.165, 1.54) is 25.3 Å². The first-order valence-electron chi connectivity index (χ1n) is 4.77. The van der Waals surface area contributed by atoms with Crippen LogP contribution in [0.5, 0.6) is 5.88 Å². The van der Waals surface area contributed by atoms with Gasteiger partial charge in [-0.2, -0.15) is 4.98 Å². The van der Waals surface area contributed by atoms with Crippen molar-refractivity contribution in [2.75, 3.05) is 11.8 Å². The van der Waals surface area contributed by atoms with Crippen molar-refractivity contribution in [3.05, 3.63) is 27.7 Å². The average molecular weight is 340 g/mol. The van der Waals surface area contributed by atoms with Gasteiger partial charge in [0.25, 0.3) is 10.0 Å². The van der Waals surface area contributed by atoms with E-state index >= 15 is 0 Å². The number of sulfonamides is 1. The zero-order valence-electron chi connectivity index (χ0n) is 9.42. The van der Waals surface area contributed by atoms with Crippen LogP contribution in [0, 0.1) is 0 Å². The number of nitrogens with zero attached hydrogens (tertiary/aromatic N) is 2. The lowest BCUT2D eigenvalue weighted by molar-refractivity contribution is 0.397. The van der Waals surface area contributed by atoms with Gasteiger partial charge in [-0.1, -0.05) is 23.2 Å². The molecule has 0 bridgehead atoms. The number of thiophene rings is 1. The molecule has 1 N–H and O–H groups in total. The van der Waals surface area contributed by atoms with Gasteiger partial charge in [0.2, 0.25) is 11.8 Å². The van der Waals surface area contributed by atoms with E-state index in [-0.39, 0.29) is 21.2 Å². The molecule has 0 radical (unpaired) electrons. The van der Waals surface area contributed by atoms with Crippen molar-refractivity contribution in [2.45, 2.75) is 4.21 Å². The van der Waals surface area contributed by atoms with E-state index in [0.29, 0.717) is 4.34 Å². The van der Waals surface area contributed by atoms with Crippen molar-refractivity contribution in [3.63, 3.8) is 0 Å². The van der Waals surface area contributed by atoms with E-state index in [1.54, 1.807) is 0 Å². The molecule has 2 rings (SSSR count). The molecule has 6 nitrogen and oxygen atoms in total. The lowest BCUT2D eigenvalue weighted by Gasteiger charge is -2.06. The SMILES string of the molecule is COc1cc(Cl)nc(NS(=O)(=O)c2ccc(Cl)s2)n1. The third-order valence-corrected chi connectivity index (χ3v) is 5.16. The maximum atomic E-state index is 12.0. The minimum atomic E-state index is -3.79. The third kappa shape index (κ3) is 3.47. The van der Waals surface area contributed by atoms with Crippen LogP contribution in [0.25, 0.3) is 0 Å². The average Bonchev–Trinajstić information content (AvgIpc) is 2.75. The van der Waals surface area contributed by atoms with Crippen molar-refractivity contribution >= 4 is 50.5 Å². The lowest BCUT2D eigenvalue weighted by Crippen LogP contribution is -2.14. The smallest absolute Gasteiger partial charge is 0.273 e. The van der Waals surface area contributed by atoms with Gasteiger partial charge in [-0.05, 0) is 12.1 Å². The Balaban J connectivity index is 2.32. The molecule has 2 aromatic rings. The Kier molecular flexibility index (Phi) is 4.14. The molecule has 0 saturated heterocycles. The summed E-state index contributed by atoms with van der Waals surface area (Å²) >= 11 is 12.3. The van der Waals surface area contributed by atoms with Crippen molar-refractivity contribution in [1.82, 2.24) is 9.97 Å². The number of ether oxygens (including phenoxy) is 1. The molecule has 0 aliphatic rings. The van der Waals surface area contributed by atoms with Crippen molar-refractivity contribution in [1.29, 1.82) is 0 Å². The largest absolute Gasteiger partial charge is 0.481 e. The fourth-order valence-corrected chi connectivity index (χ4v) is 3.76. The molecule has 0 fully saturated rings. The summed E-state index contributed by atoms with van der Waals surface area (Å²) in [6, 6.07) is 4.23. The standard InChI is InChI=1S/C9H7Cl2N3O3S2/c1-17-7-4-5(10)12-9(13-7)14-19(15,16)8-3-2-6(11)18-8/h2-4H,1H3,(H,12,13,14). The molecule has 2 heterocycles. The van der Waals surface area contributed by atoms with Gasteiger partial charge in [-0.25, -0.2) is 18.1 Å². The lowest BCUT2D eigenvalue weighted by atomic mass is 10.6. The second kappa shape index (κ2) is 5.49. The van der Waals surface area contributed by atoms with Gasteiger partial charge in [0.1, 0.15) is 9.36 Å². The predicted octanol–water partition coefficient (Wildman–Crippen LogP) is 2.65. The number of anilines is 1. The van der Waals surface area contributed by atoms with E-state index in [1.807, 2.05) is 0 Å². The molecule has 0 atom stereocenters. The number of rotatable bonds is 4. The normalized spacial score (nSPS) is 11.3. The summed E-state index contributed by atoms with van der Waals surface area (Å²) in [5.74, 6) is -0.0178. The Hall–Kier alpha value is -1.09. The predicted molar refractivity (Wildman–Crippen MR) is 73.7 cm³/mol. The summed E-state index contributed by atoms with van der Waals surface area (Å²) in [6.45, 7) is 0. The third-order valence-electron chi connectivity index (χ3n) is 1.92. The first kappa shape index (κ1) is 14.3. The molecule has 0 aliphatic heterocycles. The number of aromatic nitrogens is 2. The van der Waals surface area contributed by atoms with Crippen LogP contribution in [0.3, 0.4) is 0 Å². The summed E-state index contributed by atoms with van der Waals surface area (Å²) in [7, 11) is -2.40. The fourth-order valence-electron chi connectivity index (χ4n) is 1.16. The Morgan fingerprint density at radius 3 is 2.63 bits per heavy atom. The molecular formula is C9H7Cl2N3O3S2. The zero-order valence-corrected chi connectivity index (χ0v) is 12.6. The summed E-state index contributed by atoms with van der Waals surface area (Å²) in [6.07, 6.45) is 0. The molecule has 0 aromatic carbocycles. The molecular weight excluding hydrogens is 333 g/mol. The van der Waals surface area contributed by atoms with Crippen LogP contribution in [-0.4, -0.2) is 25.5 Å². The topological polar surface area (TPSA) is 81.2 Å². The number of hydrogen-bond acceptors (Lipinski definition) is 6. The Bertz CT molecular complexity index is 702. The van der Waals surface area contributed by atoms with Gasteiger partial charge < -0.3 is 4.74 Å². The molecule has 0 unspecified atom stereocenters. The van der Waals surface area contributed by atoms with Crippen molar-refractivity contribution in [3.8, 4) is 5.88 Å². The van der Waals surface area contributed by atoms with Crippen LogP contribution in [0.2, 0.25) is 9.49 Å². The highest BCUT2D eigenvalue weighted by Gasteiger charge is 2.18. The van der Waals surface area contributed by atoms with Crippen LogP contribution < -0.4 is 9.46 Å². The number of halogens is 2. The monoisotopic (exact) mass is 339 g/mol. The second-order valence-electron chi connectivity index (χ2n) is 3.22.